The molecule has 1 saturated carbocycles. The van der Waals surface area contributed by atoms with Gasteiger partial charge in [-0.3, -0.25) is 9.59 Å². The SMILES string of the molecule is CC(=O)O[C@@H]1/C=C/C(C)=C\[C@H]2OC(=O)[C@@]3(C)O[C@]23[C@H](O)[C@@H]2[C@@]3(C)O[C@H]3C[C@@H](OC(C)=O)[C@]21C. The predicted molar refractivity (Wildman–Crippen MR) is 112 cm³/mol. The van der Waals surface area contributed by atoms with E-state index in [1.54, 1.807) is 25.2 Å². The summed E-state index contributed by atoms with van der Waals surface area (Å²) in [6, 6.07) is 0. The highest BCUT2D eigenvalue weighted by Crippen LogP contribution is 2.68. The molecule has 0 radical (unpaired) electrons. The maximum absolute atomic E-state index is 12.7. The number of epoxide rings is 2. The van der Waals surface area contributed by atoms with Gasteiger partial charge in [-0.1, -0.05) is 18.6 Å². The molecule has 180 valence electrons. The van der Waals surface area contributed by atoms with Crippen molar-refractivity contribution in [1.82, 2.24) is 0 Å². The van der Waals surface area contributed by atoms with Crippen molar-refractivity contribution in [1.29, 1.82) is 0 Å². The van der Waals surface area contributed by atoms with Gasteiger partial charge in [-0.25, -0.2) is 4.79 Å². The van der Waals surface area contributed by atoms with E-state index >= 15 is 0 Å². The molecule has 0 amide bonds. The van der Waals surface area contributed by atoms with Gasteiger partial charge in [-0.2, -0.15) is 0 Å². The first kappa shape index (κ1) is 22.6. The average Bonchev–Trinajstić information content (AvgIpc) is 3.53. The van der Waals surface area contributed by atoms with E-state index in [1.807, 2.05) is 20.8 Å². The molecule has 0 aromatic rings. The van der Waals surface area contributed by atoms with Crippen molar-refractivity contribution in [3.63, 3.8) is 0 Å². The van der Waals surface area contributed by atoms with Crippen LogP contribution in [0.25, 0.3) is 0 Å². The van der Waals surface area contributed by atoms with Crippen molar-refractivity contribution in [2.45, 2.75) is 95.3 Å². The zero-order valence-electron chi connectivity index (χ0n) is 19.6. The number of hydrogen-bond acceptors (Lipinski definition) is 9. The van der Waals surface area contributed by atoms with Crippen LogP contribution in [0.3, 0.4) is 0 Å². The van der Waals surface area contributed by atoms with E-state index in [0.29, 0.717) is 6.42 Å². The number of allylic oxidation sites excluding steroid dienone is 2. The third-order valence-electron chi connectivity index (χ3n) is 8.43. The molecule has 10 atom stereocenters. The van der Waals surface area contributed by atoms with Gasteiger partial charge in [0.15, 0.2) is 17.3 Å². The number of aliphatic hydroxyl groups excluding tert-OH is 1. The molecular formula is C24H30O9. The maximum Gasteiger partial charge on any atom is 0.342 e. The van der Waals surface area contributed by atoms with Gasteiger partial charge in [0.1, 0.15) is 12.2 Å². The Labute approximate surface area is 192 Å². The topological polar surface area (TPSA) is 124 Å². The van der Waals surface area contributed by atoms with Crippen LogP contribution in [-0.2, 0) is 38.1 Å². The number of esters is 3. The van der Waals surface area contributed by atoms with Crippen LogP contribution in [0.1, 0.15) is 48.0 Å². The highest BCUT2D eigenvalue weighted by molar-refractivity contribution is 5.89. The highest BCUT2D eigenvalue weighted by atomic mass is 16.7. The summed E-state index contributed by atoms with van der Waals surface area (Å²) in [6.07, 6.45) is 1.76. The Kier molecular flexibility index (Phi) is 4.56. The number of fused-ring (bicyclic) bond motifs is 3. The molecule has 4 fully saturated rings. The van der Waals surface area contributed by atoms with Crippen molar-refractivity contribution >= 4 is 17.9 Å². The Morgan fingerprint density at radius 1 is 1.15 bits per heavy atom. The smallest absolute Gasteiger partial charge is 0.342 e. The van der Waals surface area contributed by atoms with Gasteiger partial charge in [0, 0.05) is 26.2 Å². The van der Waals surface area contributed by atoms with Crippen molar-refractivity contribution in [2.75, 3.05) is 0 Å². The lowest BCUT2D eigenvalue weighted by molar-refractivity contribution is -0.197. The van der Waals surface area contributed by atoms with Crippen LogP contribution >= 0.6 is 0 Å². The van der Waals surface area contributed by atoms with Gasteiger partial charge < -0.3 is 28.8 Å². The van der Waals surface area contributed by atoms with Crippen molar-refractivity contribution in [2.24, 2.45) is 11.3 Å². The average molecular weight is 462 g/mol. The summed E-state index contributed by atoms with van der Waals surface area (Å²) in [6.45, 7) is 9.78. The number of rotatable bonds is 2. The number of ether oxygens (including phenoxy) is 5. The number of hydrogen-bond donors (Lipinski definition) is 1. The second kappa shape index (κ2) is 6.67. The molecule has 9 heteroatoms. The lowest BCUT2D eigenvalue weighted by Gasteiger charge is -2.52. The summed E-state index contributed by atoms with van der Waals surface area (Å²) >= 11 is 0. The van der Waals surface area contributed by atoms with Crippen LogP contribution in [0.4, 0.5) is 0 Å². The molecule has 0 bridgehead atoms. The third-order valence-corrected chi connectivity index (χ3v) is 8.43. The maximum atomic E-state index is 12.7. The fourth-order valence-electron chi connectivity index (χ4n) is 6.64. The van der Waals surface area contributed by atoms with Gasteiger partial charge >= 0.3 is 17.9 Å². The van der Waals surface area contributed by atoms with E-state index in [2.05, 4.69) is 0 Å². The standard InChI is InChI=1S/C24H30O9/c1-11-7-8-14(29-12(2)25)21(4)15(30-13(3)26)10-16-22(5,32-16)18(21)19(27)24-17(9-11)31-20(28)23(24,6)33-24/h7-9,14-19,27H,10H2,1-6H3/b8-7+,11-9-/t14-,15-,16+,17-,18+,19-,21-,22+,23-,24+/m1/s1. The van der Waals surface area contributed by atoms with E-state index in [0.717, 1.165) is 5.57 Å². The van der Waals surface area contributed by atoms with Crippen LogP contribution in [0, 0.1) is 11.3 Å². The van der Waals surface area contributed by atoms with Gasteiger partial charge in [0.2, 0.25) is 0 Å². The zero-order chi connectivity index (χ0) is 24.1. The first-order chi connectivity index (χ1) is 15.3. The molecule has 5 aliphatic rings. The fraction of sp³-hybridized carbons (Fsp3) is 0.708. The monoisotopic (exact) mass is 462 g/mol. The van der Waals surface area contributed by atoms with Crippen molar-refractivity contribution in [3.8, 4) is 0 Å². The quantitative estimate of drug-likeness (QED) is 0.368. The Morgan fingerprint density at radius 3 is 2.42 bits per heavy atom. The molecule has 3 saturated heterocycles. The predicted octanol–water partition coefficient (Wildman–Crippen LogP) is 1.36. The van der Waals surface area contributed by atoms with Gasteiger partial charge in [-0.15, -0.1) is 0 Å². The summed E-state index contributed by atoms with van der Waals surface area (Å²) in [5.41, 5.74) is -3.80. The van der Waals surface area contributed by atoms with Crippen LogP contribution in [0.5, 0.6) is 0 Å². The second-order valence-electron chi connectivity index (χ2n) is 10.5. The third kappa shape index (κ3) is 2.79. The van der Waals surface area contributed by atoms with Gasteiger partial charge in [0.05, 0.1) is 23.2 Å². The molecule has 1 spiro atoms. The first-order valence-electron chi connectivity index (χ1n) is 11.3. The van der Waals surface area contributed by atoms with Crippen LogP contribution < -0.4 is 0 Å². The van der Waals surface area contributed by atoms with Crippen LogP contribution in [0.2, 0.25) is 0 Å². The second-order valence-corrected chi connectivity index (χ2v) is 10.5. The molecule has 2 aliphatic carbocycles. The minimum absolute atomic E-state index is 0.269. The molecule has 0 aromatic heterocycles. The fourth-order valence-corrected chi connectivity index (χ4v) is 6.64. The lowest BCUT2D eigenvalue weighted by Crippen LogP contribution is -2.65. The van der Waals surface area contributed by atoms with Crippen molar-refractivity contribution in [3.05, 3.63) is 23.8 Å². The van der Waals surface area contributed by atoms with Crippen molar-refractivity contribution < 1.29 is 43.2 Å². The van der Waals surface area contributed by atoms with Crippen LogP contribution in [-0.4, -0.2) is 70.3 Å². The molecule has 33 heavy (non-hydrogen) atoms. The van der Waals surface area contributed by atoms with Crippen LogP contribution in [0.15, 0.2) is 23.8 Å². The summed E-state index contributed by atoms with van der Waals surface area (Å²) in [5, 5.41) is 12.0. The Hall–Kier alpha value is -2.23. The highest BCUT2D eigenvalue weighted by Gasteiger charge is 2.88. The Morgan fingerprint density at radius 2 is 1.82 bits per heavy atom. The molecule has 0 unspecified atom stereocenters. The lowest BCUT2D eigenvalue weighted by atomic mass is 9.54. The van der Waals surface area contributed by atoms with E-state index in [4.69, 9.17) is 23.7 Å². The molecule has 1 N–H and O–H groups in total. The summed E-state index contributed by atoms with van der Waals surface area (Å²) < 4.78 is 29.2. The molecule has 9 nitrogen and oxygen atoms in total. The minimum atomic E-state index is -1.33. The number of aliphatic hydroxyl groups is 1. The summed E-state index contributed by atoms with van der Waals surface area (Å²) in [4.78, 5) is 36.9. The van der Waals surface area contributed by atoms with E-state index < -0.39 is 70.5 Å². The van der Waals surface area contributed by atoms with Gasteiger partial charge in [-0.05, 0) is 32.9 Å². The van der Waals surface area contributed by atoms with E-state index in [9.17, 15) is 19.5 Å². The summed E-state index contributed by atoms with van der Waals surface area (Å²) in [5.74, 6) is -2.25. The molecule has 3 aliphatic heterocycles. The molecular weight excluding hydrogens is 432 g/mol. The molecule has 0 aromatic carbocycles. The summed E-state index contributed by atoms with van der Waals surface area (Å²) in [7, 11) is 0. The van der Waals surface area contributed by atoms with E-state index in [1.165, 1.54) is 13.8 Å². The Bertz CT molecular complexity index is 1000. The number of carbonyl (C=O) groups excluding carboxylic acids is 3. The molecule has 5 rings (SSSR count). The number of carbonyl (C=O) groups is 3. The van der Waals surface area contributed by atoms with Gasteiger partial charge in [0.25, 0.3) is 0 Å². The van der Waals surface area contributed by atoms with E-state index in [-0.39, 0.29) is 6.10 Å². The normalized spacial score (nSPS) is 54.2. The zero-order valence-corrected chi connectivity index (χ0v) is 19.6. The first-order valence-corrected chi connectivity index (χ1v) is 11.3. The minimum Gasteiger partial charge on any atom is -0.462 e. The molecule has 3 heterocycles. The largest absolute Gasteiger partial charge is 0.462 e. The Balaban J connectivity index is 1.72.